The summed E-state index contributed by atoms with van der Waals surface area (Å²) in [6.45, 7) is 6.57. The Morgan fingerprint density at radius 3 is 2.24 bits per heavy atom. The molecule has 4 rings (SSSR count). The molecular weight excluding hydrogens is 787 g/mol. The zero-order valence-corrected chi connectivity index (χ0v) is 37.0. The van der Waals surface area contributed by atoms with Crippen LogP contribution in [0.5, 0.6) is 11.5 Å². The van der Waals surface area contributed by atoms with Gasteiger partial charge in [-0.3, -0.25) is 24.0 Å². The smallest absolute Gasteiger partial charge is 0.248 e. The highest BCUT2D eigenvalue weighted by Gasteiger charge is 2.36. The third kappa shape index (κ3) is 13.4. The lowest BCUT2D eigenvalue weighted by atomic mass is 9.91. The van der Waals surface area contributed by atoms with Gasteiger partial charge in [-0.15, -0.1) is 0 Å². The third-order valence-electron chi connectivity index (χ3n) is 11.2. The predicted octanol–water partition coefficient (Wildman–Crippen LogP) is 4.88. The van der Waals surface area contributed by atoms with Gasteiger partial charge in [-0.2, -0.15) is 5.26 Å². The Hall–Kier alpha value is -5.62. The van der Waals surface area contributed by atoms with Crippen molar-refractivity contribution in [3.05, 3.63) is 82.4 Å². The van der Waals surface area contributed by atoms with Crippen molar-refractivity contribution in [3.8, 4) is 28.7 Å². The summed E-state index contributed by atoms with van der Waals surface area (Å²) in [5, 5.41) is 17.8. The minimum atomic E-state index is -1.29. The average Bonchev–Trinajstić information content (AvgIpc) is 3.26. The van der Waals surface area contributed by atoms with E-state index in [-0.39, 0.29) is 70.1 Å². The van der Waals surface area contributed by atoms with Crippen LogP contribution in [0.1, 0.15) is 104 Å². The van der Waals surface area contributed by atoms with Crippen LogP contribution >= 0.6 is 0 Å². The lowest BCUT2D eigenvalue weighted by molar-refractivity contribution is -0.143. The summed E-state index contributed by atoms with van der Waals surface area (Å²) in [5.41, 5.74) is 16.4. The number of carbonyl (C=O) groups is 5. The molecule has 3 aromatic rings. The van der Waals surface area contributed by atoms with Gasteiger partial charge in [0.25, 0.3) is 0 Å². The number of aryl methyl sites for hydroxylation is 2. The van der Waals surface area contributed by atoms with Crippen LogP contribution in [0, 0.1) is 24.2 Å². The molecule has 62 heavy (non-hydrogen) atoms. The normalized spacial score (nSPS) is 16.8. The fraction of sp³-hybridized carbons (Fsp3) is 0.500. The highest BCUT2D eigenvalue weighted by Crippen LogP contribution is 2.40. The van der Waals surface area contributed by atoms with Gasteiger partial charge in [-0.1, -0.05) is 62.9 Å². The van der Waals surface area contributed by atoms with Crippen LogP contribution in [0.15, 0.2) is 54.6 Å². The van der Waals surface area contributed by atoms with Crippen LogP contribution in [0.25, 0.3) is 11.1 Å². The summed E-state index contributed by atoms with van der Waals surface area (Å²) in [4.78, 5) is 71.6. The molecule has 4 bridgehead atoms. The summed E-state index contributed by atoms with van der Waals surface area (Å²) in [5.74, 6) is -2.27. The van der Waals surface area contributed by atoms with Crippen molar-refractivity contribution < 1.29 is 33.4 Å². The van der Waals surface area contributed by atoms with Gasteiger partial charge in [0.15, 0.2) is 11.6 Å². The van der Waals surface area contributed by atoms with E-state index in [4.69, 9.17) is 20.9 Å². The molecule has 1 aliphatic heterocycles. The average molecular weight is 852 g/mol. The Morgan fingerprint density at radius 2 is 1.60 bits per heavy atom. The molecule has 0 saturated heterocycles. The Labute approximate surface area is 366 Å². The molecule has 0 unspecified atom stereocenters. The lowest BCUT2D eigenvalue weighted by Gasteiger charge is -2.32. The molecule has 1 aliphatic rings. The van der Waals surface area contributed by atoms with Crippen molar-refractivity contribution >= 4 is 29.3 Å². The summed E-state index contributed by atoms with van der Waals surface area (Å²) in [6, 6.07) is 14.9. The number of likely N-dealkylation sites (N-methyl/N-ethyl adjacent to an activating group) is 1. The van der Waals surface area contributed by atoms with E-state index in [2.05, 4.69) is 28.9 Å². The molecule has 0 aromatic heterocycles. The van der Waals surface area contributed by atoms with E-state index < -0.39 is 41.8 Å². The number of carbonyl (C=O) groups excluding carboxylic acids is 5. The van der Waals surface area contributed by atoms with E-state index >= 15 is 0 Å². The largest absolute Gasteiger partial charge is 0.492 e. The quantitative estimate of drug-likeness (QED) is 0.0678. The number of nitriles is 1. The number of Topliss-reactive ketones (excluding diaryl/α,β-unsaturated/α-hetero) is 2. The van der Waals surface area contributed by atoms with Gasteiger partial charge in [-0.25, -0.2) is 0 Å². The fourth-order valence-corrected chi connectivity index (χ4v) is 7.84. The number of fused-ring (bicyclic) bond motifs is 5. The molecule has 1 heterocycles. The van der Waals surface area contributed by atoms with E-state index in [1.54, 1.807) is 37.4 Å². The summed E-state index contributed by atoms with van der Waals surface area (Å²) < 4.78 is 12.2. The summed E-state index contributed by atoms with van der Waals surface area (Å²) >= 11 is 0. The Morgan fingerprint density at radius 1 is 0.919 bits per heavy atom. The molecule has 0 radical (unpaired) electrons. The number of nitrogens with one attached hydrogen (secondary N) is 3. The zero-order valence-electron chi connectivity index (χ0n) is 37.0. The first kappa shape index (κ1) is 49.0. The van der Waals surface area contributed by atoms with Gasteiger partial charge in [0.2, 0.25) is 17.7 Å². The SMILES string of the molecule is CCCCCCCc1ccc(C(=O)C[C@@H](CNC)C(=O)N(C)[C@@H]2C(=O)N[C@@H](C)C(=O)N[C@H](C(=O)CCC#N)Cc3ccc(OCCN)c(c3)-c3cc2ccc3OCCN)c(C)c1. The third-order valence-corrected chi connectivity index (χ3v) is 11.2. The number of ketones is 2. The molecule has 3 aromatic carbocycles. The van der Waals surface area contributed by atoms with Crippen molar-refractivity contribution in [1.29, 1.82) is 5.26 Å². The molecule has 3 amide bonds. The van der Waals surface area contributed by atoms with Crippen LogP contribution in [-0.2, 0) is 32.0 Å². The van der Waals surface area contributed by atoms with Crippen molar-refractivity contribution in [2.24, 2.45) is 17.4 Å². The molecule has 0 aliphatic carbocycles. The van der Waals surface area contributed by atoms with E-state index in [9.17, 15) is 29.2 Å². The number of hydrogen-bond acceptors (Lipinski definition) is 11. The number of amides is 3. The first-order chi connectivity index (χ1) is 29.9. The van der Waals surface area contributed by atoms with Crippen molar-refractivity contribution in [1.82, 2.24) is 20.9 Å². The maximum absolute atomic E-state index is 14.7. The second-order valence-electron chi connectivity index (χ2n) is 16.0. The molecule has 0 fully saturated rings. The number of nitrogens with two attached hydrogens (primary N) is 2. The molecule has 334 valence electrons. The van der Waals surface area contributed by atoms with Gasteiger partial charge in [0.05, 0.1) is 18.0 Å². The van der Waals surface area contributed by atoms with Crippen LogP contribution in [-0.4, -0.2) is 93.2 Å². The van der Waals surface area contributed by atoms with Crippen LogP contribution in [0.3, 0.4) is 0 Å². The zero-order chi connectivity index (χ0) is 45.2. The highest BCUT2D eigenvalue weighted by molar-refractivity contribution is 6.01. The number of benzene rings is 3. The monoisotopic (exact) mass is 851 g/mol. The molecule has 0 spiro atoms. The topological polar surface area (TPSA) is 219 Å². The minimum absolute atomic E-state index is 0.0312. The number of nitrogens with zero attached hydrogens (tertiary/aromatic N) is 2. The number of unbranched alkanes of at least 4 members (excludes halogenated alkanes) is 4. The summed E-state index contributed by atoms with van der Waals surface area (Å²) in [6.07, 6.45) is 6.67. The predicted molar refractivity (Wildman–Crippen MR) is 240 cm³/mol. The van der Waals surface area contributed by atoms with Crippen LogP contribution in [0.4, 0.5) is 0 Å². The molecule has 14 heteroatoms. The van der Waals surface area contributed by atoms with Gasteiger partial charge in [0.1, 0.15) is 36.8 Å². The maximum atomic E-state index is 14.7. The van der Waals surface area contributed by atoms with Gasteiger partial charge in [-0.05, 0) is 86.7 Å². The van der Waals surface area contributed by atoms with Gasteiger partial charge >= 0.3 is 0 Å². The standard InChI is InChI=1S/C48H65N7O7/c1-6-7-8-9-10-12-33-14-17-37(31(2)25-33)42(57)29-36(30-52-4)48(60)55(5)45-35-16-19-44(62-24-22-51)39(28-35)38-26-34(15-18-43(38)61-23-21-50)27-40(41(56)13-11-20-49)54-46(58)32(3)53-47(45)59/h14-19,25-26,28,32,36,40,45,52H,6-13,21-24,27,29-30,50-51H2,1-5H3,(H,53,59)(H,54,58)/t32-,36-,40-,45-/m0/s1. The molecule has 7 N–H and O–H groups in total. The van der Waals surface area contributed by atoms with E-state index in [0.29, 0.717) is 39.3 Å². The first-order valence-corrected chi connectivity index (χ1v) is 21.8. The number of hydrogen-bond donors (Lipinski definition) is 5. The van der Waals surface area contributed by atoms with Crippen LogP contribution < -0.4 is 36.9 Å². The Balaban J connectivity index is 1.78. The van der Waals surface area contributed by atoms with E-state index in [1.807, 2.05) is 31.2 Å². The van der Waals surface area contributed by atoms with Gasteiger partial charge < -0.3 is 41.8 Å². The number of ether oxygens (including phenoxy) is 2. The van der Waals surface area contributed by atoms with Crippen molar-refractivity contribution in [2.75, 3.05) is 46.9 Å². The summed E-state index contributed by atoms with van der Waals surface area (Å²) in [7, 11) is 3.20. The van der Waals surface area contributed by atoms with E-state index in [1.165, 1.54) is 43.7 Å². The first-order valence-electron chi connectivity index (χ1n) is 21.8. The minimum Gasteiger partial charge on any atom is -0.492 e. The second kappa shape index (κ2) is 24.7. The lowest BCUT2D eigenvalue weighted by Crippen LogP contribution is -2.53. The van der Waals surface area contributed by atoms with Crippen molar-refractivity contribution in [3.63, 3.8) is 0 Å². The Bertz CT molecular complexity index is 2070. The Kier molecular flexibility index (Phi) is 19.6. The fourth-order valence-electron chi connectivity index (χ4n) is 7.84. The van der Waals surface area contributed by atoms with Crippen LogP contribution in [0.2, 0.25) is 0 Å². The van der Waals surface area contributed by atoms with Gasteiger partial charge in [0, 0.05) is 62.6 Å². The second-order valence-corrected chi connectivity index (χ2v) is 16.0. The molecule has 4 atom stereocenters. The molecule has 14 nitrogen and oxygen atoms in total. The molecule has 0 saturated carbocycles. The number of rotatable bonds is 22. The highest BCUT2D eigenvalue weighted by atomic mass is 16.5. The van der Waals surface area contributed by atoms with E-state index in [0.717, 1.165) is 24.8 Å². The molecular formula is C48H65N7O7. The van der Waals surface area contributed by atoms with Crippen molar-refractivity contribution in [2.45, 2.75) is 103 Å². The maximum Gasteiger partial charge on any atom is 0.248 e.